The Morgan fingerprint density at radius 3 is 2.21 bits per heavy atom. The lowest BCUT2D eigenvalue weighted by Gasteiger charge is -2.35. The number of alkyl halides is 3. The number of ether oxygens (including phenoxy) is 2. The second-order valence-electron chi connectivity index (χ2n) is 10.8. The number of carbonyl (C=O) groups is 1. The van der Waals surface area contributed by atoms with Gasteiger partial charge in [0.1, 0.15) is 6.61 Å². The normalized spacial score (nSPS) is 18.1. The Bertz CT molecular complexity index is 1310. The van der Waals surface area contributed by atoms with E-state index in [1.807, 2.05) is 19.1 Å². The summed E-state index contributed by atoms with van der Waals surface area (Å²) in [6.45, 7) is 3.51. The Balaban J connectivity index is 1.49. The minimum absolute atomic E-state index is 0.0721. The number of hydrogen-bond acceptors (Lipinski definition) is 6. The van der Waals surface area contributed by atoms with Gasteiger partial charge in [-0.15, -0.1) is 0 Å². The quantitative estimate of drug-likeness (QED) is 0.222. The van der Waals surface area contributed by atoms with Gasteiger partial charge in [-0.2, -0.15) is 13.2 Å². The first-order chi connectivity index (χ1) is 20.0. The van der Waals surface area contributed by atoms with Crippen LogP contribution in [-0.4, -0.2) is 51.0 Å². The molecule has 1 unspecified atom stereocenters. The molecule has 1 fully saturated rings. The first-order valence-electron chi connectivity index (χ1n) is 14.0. The van der Waals surface area contributed by atoms with E-state index < -0.39 is 17.7 Å². The van der Waals surface area contributed by atoms with Crippen LogP contribution in [0.3, 0.4) is 0 Å². The summed E-state index contributed by atoms with van der Waals surface area (Å²) in [5.74, 6) is 0.0149. The van der Waals surface area contributed by atoms with Gasteiger partial charge in [0.15, 0.2) is 23.3 Å². The number of benzene rings is 2. The fourth-order valence-corrected chi connectivity index (χ4v) is 5.53. The Labute approximate surface area is 242 Å². The van der Waals surface area contributed by atoms with Gasteiger partial charge in [-0.3, -0.25) is 14.3 Å². The van der Waals surface area contributed by atoms with Gasteiger partial charge < -0.3 is 24.8 Å². The molecule has 1 heterocycles. The molecule has 0 aliphatic heterocycles. The van der Waals surface area contributed by atoms with E-state index in [1.165, 1.54) is 35.9 Å². The number of aromatic hydroxyl groups is 2. The topological polar surface area (TPSA) is 104 Å². The van der Waals surface area contributed by atoms with Gasteiger partial charge in [0.2, 0.25) is 0 Å². The molecule has 1 aromatic heterocycles. The van der Waals surface area contributed by atoms with Crippen molar-refractivity contribution >= 4 is 5.97 Å². The molecule has 2 aromatic carbocycles. The van der Waals surface area contributed by atoms with Gasteiger partial charge in [-0.25, -0.2) is 0 Å². The highest BCUT2D eigenvalue weighted by Gasteiger charge is 2.31. The van der Waals surface area contributed by atoms with E-state index in [-0.39, 0.29) is 42.8 Å². The van der Waals surface area contributed by atoms with Crippen LogP contribution in [0.1, 0.15) is 55.3 Å². The number of halogens is 3. The molecule has 1 aliphatic rings. The van der Waals surface area contributed by atoms with Crippen molar-refractivity contribution in [3.05, 3.63) is 71.3 Å². The number of rotatable bonds is 12. The molecular weight excluding hydrogens is 553 g/mol. The highest BCUT2D eigenvalue weighted by Crippen LogP contribution is 2.35. The van der Waals surface area contributed by atoms with E-state index in [9.17, 15) is 33.3 Å². The zero-order valence-electron chi connectivity index (χ0n) is 23.7. The highest BCUT2D eigenvalue weighted by atomic mass is 19.4. The molecule has 228 valence electrons. The summed E-state index contributed by atoms with van der Waals surface area (Å²) >= 11 is 0. The van der Waals surface area contributed by atoms with Crippen molar-refractivity contribution < 1.29 is 42.8 Å². The zero-order valence-corrected chi connectivity index (χ0v) is 23.7. The number of aliphatic carboxylic acids is 1. The Morgan fingerprint density at radius 2 is 1.64 bits per heavy atom. The van der Waals surface area contributed by atoms with E-state index in [2.05, 4.69) is 4.90 Å². The largest absolute Gasteiger partial charge is 0.494 e. The van der Waals surface area contributed by atoms with Crippen molar-refractivity contribution in [1.29, 1.82) is 0 Å². The molecule has 0 bridgehead atoms. The summed E-state index contributed by atoms with van der Waals surface area (Å²) in [6, 6.07) is 13.3. The maximum absolute atomic E-state index is 13.2. The van der Waals surface area contributed by atoms with Crippen LogP contribution in [0.15, 0.2) is 54.6 Å². The van der Waals surface area contributed by atoms with Crippen molar-refractivity contribution in [2.45, 2.75) is 57.9 Å². The average molecular weight is 591 g/mol. The van der Waals surface area contributed by atoms with E-state index in [0.29, 0.717) is 37.4 Å². The number of hydrogen-bond donors (Lipinski definition) is 3. The van der Waals surface area contributed by atoms with E-state index in [0.717, 1.165) is 36.1 Å². The van der Waals surface area contributed by atoms with Gasteiger partial charge in [0, 0.05) is 31.3 Å². The average Bonchev–Trinajstić information content (AvgIpc) is 3.29. The number of nitrogens with zero attached hydrogens (tertiary/aromatic N) is 2. The molecule has 3 N–H and O–H groups in total. The van der Waals surface area contributed by atoms with Crippen LogP contribution < -0.4 is 9.47 Å². The van der Waals surface area contributed by atoms with Crippen LogP contribution in [0.25, 0.3) is 0 Å². The third-order valence-electron chi connectivity index (χ3n) is 8.08. The maximum Gasteiger partial charge on any atom is 0.416 e. The Morgan fingerprint density at radius 1 is 1.00 bits per heavy atom. The third-order valence-corrected chi connectivity index (χ3v) is 8.08. The maximum atomic E-state index is 13.2. The summed E-state index contributed by atoms with van der Waals surface area (Å²) in [5.41, 5.74) is 0.975. The van der Waals surface area contributed by atoms with Gasteiger partial charge in [0.05, 0.1) is 25.1 Å². The van der Waals surface area contributed by atoms with Crippen LogP contribution in [0, 0.1) is 11.8 Å². The van der Waals surface area contributed by atoms with Crippen molar-refractivity contribution in [2.24, 2.45) is 11.8 Å². The molecule has 1 saturated carbocycles. The second-order valence-corrected chi connectivity index (χ2v) is 10.8. The first kappa shape index (κ1) is 31.1. The molecular formula is C31H37F3N2O6. The number of methoxy groups -OCH3 is 1. The number of carboxylic acid groups (broad SMARTS) is 1. The molecule has 4 rings (SSSR count). The van der Waals surface area contributed by atoms with E-state index >= 15 is 0 Å². The highest BCUT2D eigenvalue weighted by molar-refractivity contribution is 5.70. The molecule has 11 heteroatoms. The fraction of sp³-hybridized carbons (Fsp3) is 0.452. The molecule has 8 nitrogen and oxygen atoms in total. The van der Waals surface area contributed by atoms with Crippen LogP contribution in [0.2, 0.25) is 0 Å². The Hall–Kier alpha value is -3.86. The van der Waals surface area contributed by atoms with Gasteiger partial charge in [0.25, 0.3) is 0 Å². The monoisotopic (exact) mass is 590 g/mol. The molecule has 1 atom stereocenters. The predicted octanol–water partition coefficient (Wildman–Crippen LogP) is 6.46. The summed E-state index contributed by atoms with van der Waals surface area (Å²) < 4.78 is 52.2. The van der Waals surface area contributed by atoms with Crippen molar-refractivity contribution in [1.82, 2.24) is 9.47 Å². The molecule has 1 aliphatic carbocycles. The van der Waals surface area contributed by atoms with E-state index in [1.54, 1.807) is 6.07 Å². The van der Waals surface area contributed by atoms with Crippen LogP contribution in [-0.2, 0) is 24.1 Å². The number of carboxylic acids is 1. The summed E-state index contributed by atoms with van der Waals surface area (Å²) in [4.78, 5) is 13.6. The molecule has 0 amide bonds. The predicted molar refractivity (Wildman–Crippen MR) is 150 cm³/mol. The number of aromatic nitrogens is 1. The van der Waals surface area contributed by atoms with Crippen LogP contribution >= 0.6 is 0 Å². The van der Waals surface area contributed by atoms with Crippen LogP contribution in [0.5, 0.6) is 23.3 Å². The first-order valence-corrected chi connectivity index (χ1v) is 14.0. The lowest BCUT2D eigenvalue weighted by Crippen LogP contribution is -2.34. The third kappa shape index (κ3) is 7.70. The Kier molecular flexibility index (Phi) is 9.93. The minimum Gasteiger partial charge on any atom is -0.494 e. The van der Waals surface area contributed by atoms with Gasteiger partial charge in [-0.1, -0.05) is 18.2 Å². The molecule has 0 saturated heterocycles. The molecule has 0 radical (unpaired) electrons. The second kappa shape index (κ2) is 13.4. The summed E-state index contributed by atoms with van der Waals surface area (Å²) in [6.07, 6.45) is -1.64. The van der Waals surface area contributed by atoms with Crippen molar-refractivity contribution in [2.75, 3.05) is 20.3 Å². The minimum atomic E-state index is -4.41. The zero-order chi connectivity index (χ0) is 30.4. The molecule has 3 aromatic rings. The lowest BCUT2D eigenvalue weighted by molar-refractivity contribution is -0.143. The van der Waals surface area contributed by atoms with Gasteiger partial charge >= 0.3 is 12.1 Å². The fourth-order valence-electron chi connectivity index (χ4n) is 5.53. The van der Waals surface area contributed by atoms with Crippen LogP contribution in [0.4, 0.5) is 13.2 Å². The van der Waals surface area contributed by atoms with E-state index in [4.69, 9.17) is 9.47 Å². The lowest BCUT2D eigenvalue weighted by atomic mass is 9.81. The molecule has 0 spiro atoms. The van der Waals surface area contributed by atoms with Crippen molar-refractivity contribution in [3.63, 3.8) is 0 Å². The molecule has 42 heavy (non-hydrogen) atoms. The smallest absolute Gasteiger partial charge is 0.416 e. The standard InChI is InChI=1S/C31H37F3N2O6/c1-20(23-8-10-25(11-9-23)31(32,33)34)35(18-21-3-6-24(7-4-21)30(39)40)19-22-5-12-26(27(17-22)41-2)42-16-15-36-28(37)13-14-29(36)38/h5,8-14,17,20-21,24,37-38H,3-4,6-7,15-16,18-19H2,1-2H3,(H,39,40). The SMILES string of the molecule is COc1cc(CN(CC2CCC(C(=O)O)CC2)C(C)c2ccc(C(F)(F)F)cc2)ccc1OCCn1c(O)ccc1O. The van der Waals surface area contributed by atoms with Crippen molar-refractivity contribution in [3.8, 4) is 23.3 Å². The summed E-state index contributed by atoms with van der Waals surface area (Å²) in [5, 5.41) is 29.0. The van der Waals surface area contributed by atoms with Gasteiger partial charge in [-0.05, 0) is 73.9 Å². The summed E-state index contributed by atoms with van der Waals surface area (Å²) in [7, 11) is 1.53.